The van der Waals surface area contributed by atoms with Crippen LogP contribution in [0.2, 0.25) is 0 Å². The number of aromatic amines is 1. The largest absolute Gasteiger partial charge is 0.368 e. The zero-order valence-electron chi connectivity index (χ0n) is 10.0. The molecule has 0 aliphatic heterocycles. The molecule has 0 spiro atoms. The summed E-state index contributed by atoms with van der Waals surface area (Å²) in [5, 5.41) is 29.8. The third kappa shape index (κ3) is 2.37. The number of H-pyrrole nitrogens is 1. The SMILES string of the molecule is Nc1nc(Nc2nnc(-n3nc(N=O)nc3N)nn2)n[nH]1. The minimum atomic E-state index is -0.352. The number of hydrogen-bond donors (Lipinski definition) is 4. The lowest BCUT2D eigenvalue weighted by Gasteiger charge is -2.00. The van der Waals surface area contributed by atoms with Gasteiger partial charge in [0.05, 0.1) is 0 Å². The summed E-state index contributed by atoms with van der Waals surface area (Å²) in [4.78, 5) is 17.7. The molecule has 6 N–H and O–H groups in total. The number of nitrogens with two attached hydrogens (primary N) is 2. The Morgan fingerprint density at radius 1 is 1.10 bits per heavy atom. The lowest BCUT2D eigenvalue weighted by Crippen LogP contribution is -2.11. The van der Waals surface area contributed by atoms with Gasteiger partial charge in [0.15, 0.2) is 0 Å². The maximum Gasteiger partial charge on any atom is 0.311 e. The molecule has 3 aromatic heterocycles. The van der Waals surface area contributed by atoms with Crippen molar-refractivity contribution in [2.24, 2.45) is 5.18 Å². The van der Waals surface area contributed by atoms with Crippen molar-refractivity contribution in [3.8, 4) is 5.95 Å². The predicted octanol–water partition coefficient (Wildman–Crippen LogP) is -1.73. The fraction of sp³-hybridized carbons (Fsp3) is 0. The lowest BCUT2D eigenvalue weighted by molar-refractivity contribution is 0.738. The van der Waals surface area contributed by atoms with E-state index in [4.69, 9.17) is 11.5 Å². The van der Waals surface area contributed by atoms with Crippen molar-refractivity contribution in [3.63, 3.8) is 0 Å². The van der Waals surface area contributed by atoms with Crippen molar-refractivity contribution < 1.29 is 0 Å². The van der Waals surface area contributed by atoms with E-state index in [1.54, 1.807) is 0 Å². The van der Waals surface area contributed by atoms with Gasteiger partial charge in [-0.3, -0.25) is 5.32 Å². The summed E-state index contributed by atoms with van der Waals surface area (Å²) in [5.74, 6) is -0.277. The highest BCUT2D eigenvalue weighted by Crippen LogP contribution is 2.11. The summed E-state index contributed by atoms with van der Waals surface area (Å²) in [6, 6.07) is 0. The van der Waals surface area contributed by atoms with Gasteiger partial charge in [-0.25, -0.2) is 5.10 Å². The maximum atomic E-state index is 10.3. The molecule has 0 aromatic carbocycles. The van der Waals surface area contributed by atoms with Gasteiger partial charge >= 0.3 is 5.95 Å². The third-order valence-corrected chi connectivity index (χ3v) is 2.09. The van der Waals surface area contributed by atoms with Crippen molar-refractivity contribution in [2.45, 2.75) is 0 Å². The van der Waals surface area contributed by atoms with E-state index >= 15 is 0 Å². The molecular formula is C6H6N14O. The average molecular weight is 290 g/mol. The minimum absolute atomic E-state index is 0.0187. The first-order valence-electron chi connectivity index (χ1n) is 5.24. The molecule has 3 aromatic rings. The molecule has 3 heterocycles. The van der Waals surface area contributed by atoms with E-state index in [1.165, 1.54) is 0 Å². The summed E-state index contributed by atoms with van der Waals surface area (Å²) >= 11 is 0. The van der Waals surface area contributed by atoms with Crippen LogP contribution in [-0.4, -0.2) is 50.3 Å². The van der Waals surface area contributed by atoms with Gasteiger partial charge in [-0.1, -0.05) is 0 Å². The quantitative estimate of drug-likeness (QED) is 0.394. The molecule has 0 aliphatic carbocycles. The Labute approximate surface area is 114 Å². The summed E-state index contributed by atoms with van der Waals surface area (Å²) in [7, 11) is 0. The summed E-state index contributed by atoms with van der Waals surface area (Å²) in [5.41, 5.74) is 10.9. The minimum Gasteiger partial charge on any atom is -0.368 e. The fourth-order valence-corrected chi connectivity index (χ4v) is 1.29. The molecule has 0 radical (unpaired) electrons. The molecule has 0 unspecified atom stereocenters. The van der Waals surface area contributed by atoms with Crippen LogP contribution in [0.5, 0.6) is 0 Å². The average Bonchev–Trinajstić information content (AvgIpc) is 3.06. The molecule has 3 rings (SSSR count). The Hall–Kier alpha value is -3.78. The third-order valence-electron chi connectivity index (χ3n) is 2.09. The van der Waals surface area contributed by atoms with Gasteiger partial charge < -0.3 is 11.5 Å². The Bertz CT molecular complexity index is 771. The van der Waals surface area contributed by atoms with Gasteiger partial charge in [0.2, 0.25) is 11.9 Å². The van der Waals surface area contributed by atoms with Crippen LogP contribution in [-0.2, 0) is 0 Å². The van der Waals surface area contributed by atoms with E-state index < -0.39 is 0 Å². The Kier molecular flexibility index (Phi) is 2.76. The van der Waals surface area contributed by atoms with Crippen LogP contribution in [0.3, 0.4) is 0 Å². The molecular weight excluding hydrogens is 284 g/mol. The number of nitrogen functional groups attached to an aromatic ring is 2. The highest BCUT2D eigenvalue weighted by Gasteiger charge is 2.13. The Balaban J connectivity index is 1.83. The number of nitroso groups, excluding NO2 is 1. The number of anilines is 4. The van der Waals surface area contributed by atoms with Crippen molar-refractivity contribution in [1.29, 1.82) is 0 Å². The molecule has 21 heavy (non-hydrogen) atoms. The van der Waals surface area contributed by atoms with Crippen LogP contribution in [0, 0.1) is 4.91 Å². The molecule has 0 fully saturated rings. The monoisotopic (exact) mass is 290 g/mol. The predicted molar refractivity (Wildman–Crippen MR) is 66.5 cm³/mol. The first-order chi connectivity index (χ1) is 10.2. The van der Waals surface area contributed by atoms with Crippen molar-refractivity contribution in [2.75, 3.05) is 16.8 Å². The van der Waals surface area contributed by atoms with E-state index in [-0.39, 0.29) is 35.7 Å². The summed E-state index contributed by atoms with van der Waals surface area (Å²) < 4.78 is 0.964. The molecule has 0 saturated carbocycles. The molecule has 0 saturated heterocycles. The standard InChI is InChI=1S/C6H6N14O/c7-1-9-3(13-12-1)11-4-14-16-6(17-15-4)20-2(8)10-5(18-20)19-21/h(H2,8,10,18)(H4,7,9,11,12,13,14,15). The second-order valence-electron chi connectivity index (χ2n) is 3.47. The van der Waals surface area contributed by atoms with Gasteiger partial charge in [0, 0.05) is 5.18 Å². The number of nitrogens with one attached hydrogen (secondary N) is 2. The number of nitrogens with zero attached hydrogens (tertiary/aromatic N) is 10. The van der Waals surface area contributed by atoms with Crippen molar-refractivity contribution in [1.82, 2.24) is 50.3 Å². The Morgan fingerprint density at radius 2 is 1.86 bits per heavy atom. The number of aromatic nitrogens is 10. The number of rotatable bonds is 4. The van der Waals surface area contributed by atoms with Crippen molar-refractivity contribution in [3.05, 3.63) is 4.91 Å². The van der Waals surface area contributed by atoms with Crippen LogP contribution in [0.1, 0.15) is 0 Å². The van der Waals surface area contributed by atoms with Gasteiger partial charge in [0.1, 0.15) is 0 Å². The van der Waals surface area contributed by atoms with Crippen LogP contribution in [0.15, 0.2) is 5.18 Å². The zero-order chi connectivity index (χ0) is 14.8. The molecule has 15 heteroatoms. The first-order valence-corrected chi connectivity index (χ1v) is 5.24. The molecule has 106 valence electrons. The second-order valence-corrected chi connectivity index (χ2v) is 3.47. The van der Waals surface area contributed by atoms with Gasteiger partial charge in [0.25, 0.3) is 17.8 Å². The number of hydrogen-bond acceptors (Lipinski definition) is 13. The van der Waals surface area contributed by atoms with E-state index in [1.807, 2.05) is 0 Å². The van der Waals surface area contributed by atoms with E-state index in [2.05, 4.69) is 56.2 Å². The fourth-order valence-electron chi connectivity index (χ4n) is 1.29. The van der Waals surface area contributed by atoms with Gasteiger partial charge in [-0.2, -0.15) is 14.6 Å². The molecule has 0 atom stereocenters. The maximum absolute atomic E-state index is 10.3. The summed E-state index contributed by atoms with van der Waals surface area (Å²) in [6.07, 6.45) is 0. The highest BCUT2D eigenvalue weighted by molar-refractivity contribution is 5.42. The van der Waals surface area contributed by atoms with Crippen LogP contribution >= 0.6 is 0 Å². The highest BCUT2D eigenvalue weighted by atomic mass is 16.3. The smallest absolute Gasteiger partial charge is 0.311 e. The van der Waals surface area contributed by atoms with Gasteiger partial charge in [-0.05, 0) is 0 Å². The lowest BCUT2D eigenvalue weighted by atomic mass is 10.9. The van der Waals surface area contributed by atoms with E-state index in [0.29, 0.717) is 0 Å². The van der Waals surface area contributed by atoms with E-state index in [0.717, 1.165) is 4.68 Å². The molecule has 15 nitrogen and oxygen atoms in total. The molecule has 0 aliphatic rings. The second kappa shape index (κ2) is 4.72. The topological polar surface area (TPSA) is 217 Å². The first kappa shape index (κ1) is 12.3. The Morgan fingerprint density at radius 3 is 2.43 bits per heavy atom. The summed E-state index contributed by atoms with van der Waals surface area (Å²) in [6.45, 7) is 0. The van der Waals surface area contributed by atoms with Crippen molar-refractivity contribution >= 4 is 29.7 Å². The normalized spacial score (nSPS) is 10.5. The van der Waals surface area contributed by atoms with Crippen LogP contribution in [0.4, 0.5) is 29.7 Å². The molecule has 0 bridgehead atoms. The van der Waals surface area contributed by atoms with Gasteiger partial charge in [-0.15, -0.1) is 35.5 Å². The van der Waals surface area contributed by atoms with E-state index in [9.17, 15) is 4.91 Å². The molecule has 0 amide bonds. The van der Waals surface area contributed by atoms with Crippen LogP contribution in [0.25, 0.3) is 5.95 Å². The zero-order valence-corrected chi connectivity index (χ0v) is 10.0. The van der Waals surface area contributed by atoms with Crippen LogP contribution < -0.4 is 16.8 Å².